The number of hydrogen-bond acceptors (Lipinski definition) is 4. The fourth-order valence-electron chi connectivity index (χ4n) is 2.98. The summed E-state index contributed by atoms with van der Waals surface area (Å²) in [7, 11) is 0. The number of aryl methyl sites for hydroxylation is 1. The molecule has 0 unspecified atom stereocenters. The molecule has 0 atom stereocenters. The Kier molecular flexibility index (Phi) is 6.48. The molecule has 0 fully saturated rings. The third kappa shape index (κ3) is 5.30. The number of halogens is 3. The van der Waals surface area contributed by atoms with Crippen LogP contribution in [0.5, 0.6) is 5.75 Å². The van der Waals surface area contributed by atoms with Gasteiger partial charge in [-0.3, -0.25) is 9.48 Å². The standard InChI is InChI=1S/C23H18Cl2FN3O3/c1-14-10-22(28-29(14)12-15-2-3-16(24)11-20(15)25)27-23(30)21-9-8-19(32-21)13-31-18-6-4-17(26)5-7-18/h2-11H,12-13H2,1H3,(H,27,28,30). The number of amides is 1. The van der Waals surface area contributed by atoms with E-state index in [0.29, 0.717) is 33.9 Å². The Morgan fingerprint density at radius 2 is 1.91 bits per heavy atom. The van der Waals surface area contributed by atoms with Crippen molar-refractivity contribution < 1.29 is 18.3 Å². The van der Waals surface area contributed by atoms with E-state index < -0.39 is 5.91 Å². The molecule has 4 aromatic rings. The number of rotatable bonds is 7. The Balaban J connectivity index is 1.38. The zero-order chi connectivity index (χ0) is 22.7. The number of aromatic nitrogens is 2. The van der Waals surface area contributed by atoms with Crippen molar-refractivity contribution in [1.29, 1.82) is 0 Å². The minimum absolute atomic E-state index is 0.106. The molecule has 2 aromatic heterocycles. The minimum Gasteiger partial charge on any atom is -0.486 e. The summed E-state index contributed by atoms with van der Waals surface area (Å²) in [5.74, 6) is 0.679. The average Bonchev–Trinajstić information content (AvgIpc) is 3.36. The number of nitrogens with zero attached hydrogens (tertiary/aromatic N) is 2. The number of benzene rings is 2. The molecular formula is C23H18Cl2FN3O3. The Bertz CT molecular complexity index is 1250. The van der Waals surface area contributed by atoms with Gasteiger partial charge in [-0.2, -0.15) is 5.10 Å². The molecule has 0 saturated heterocycles. The van der Waals surface area contributed by atoms with Crippen LogP contribution in [0.3, 0.4) is 0 Å². The van der Waals surface area contributed by atoms with Crippen molar-refractivity contribution in [3.63, 3.8) is 0 Å². The van der Waals surface area contributed by atoms with Crippen LogP contribution in [0.4, 0.5) is 10.2 Å². The lowest BCUT2D eigenvalue weighted by molar-refractivity contribution is 0.0992. The lowest BCUT2D eigenvalue weighted by atomic mass is 10.2. The Morgan fingerprint density at radius 1 is 1.12 bits per heavy atom. The zero-order valence-electron chi connectivity index (χ0n) is 16.9. The first kappa shape index (κ1) is 21.9. The second kappa shape index (κ2) is 9.46. The Morgan fingerprint density at radius 3 is 2.66 bits per heavy atom. The molecule has 0 aliphatic carbocycles. The number of anilines is 1. The van der Waals surface area contributed by atoms with Crippen LogP contribution in [-0.4, -0.2) is 15.7 Å². The van der Waals surface area contributed by atoms with E-state index in [1.165, 1.54) is 24.3 Å². The number of carbonyl (C=O) groups is 1. The second-order valence-corrected chi connectivity index (χ2v) is 7.87. The molecule has 1 amide bonds. The predicted octanol–water partition coefficient (Wildman–Crippen LogP) is 6.11. The molecule has 0 radical (unpaired) electrons. The fraction of sp³-hybridized carbons (Fsp3) is 0.130. The van der Waals surface area contributed by atoms with Crippen molar-refractivity contribution in [1.82, 2.24) is 9.78 Å². The van der Waals surface area contributed by atoms with Crippen LogP contribution in [0, 0.1) is 12.7 Å². The number of hydrogen-bond donors (Lipinski definition) is 1. The molecule has 0 bridgehead atoms. The number of carbonyl (C=O) groups excluding carboxylic acids is 1. The molecule has 2 aromatic carbocycles. The van der Waals surface area contributed by atoms with Gasteiger partial charge in [-0.15, -0.1) is 0 Å². The van der Waals surface area contributed by atoms with Gasteiger partial charge in [0.15, 0.2) is 11.6 Å². The molecule has 2 heterocycles. The van der Waals surface area contributed by atoms with Crippen molar-refractivity contribution in [2.45, 2.75) is 20.1 Å². The van der Waals surface area contributed by atoms with E-state index in [1.807, 2.05) is 13.0 Å². The maximum Gasteiger partial charge on any atom is 0.292 e. The van der Waals surface area contributed by atoms with Gasteiger partial charge >= 0.3 is 0 Å². The molecule has 0 aliphatic rings. The quantitative estimate of drug-likeness (QED) is 0.351. The van der Waals surface area contributed by atoms with E-state index in [2.05, 4.69) is 10.4 Å². The molecule has 32 heavy (non-hydrogen) atoms. The highest BCUT2D eigenvalue weighted by Gasteiger charge is 2.15. The van der Waals surface area contributed by atoms with E-state index in [4.69, 9.17) is 32.4 Å². The molecule has 6 nitrogen and oxygen atoms in total. The van der Waals surface area contributed by atoms with Gasteiger partial charge < -0.3 is 14.5 Å². The first-order chi connectivity index (χ1) is 15.4. The van der Waals surface area contributed by atoms with Gasteiger partial charge in [0.1, 0.15) is 23.9 Å². The summed E-state index contributed by atoms with van der Waals surface area (Å²) in [4.78, 5) is 12.5. The summed E-state index contributed by atoms with van der Waals surface area (Å²) in [6, 6.07) is 15.9. The monoisotopic (exact) mass is 473 g/mol. The second-order valence-electron chi connectivity index (χ2n) is 7.03. The van der Waals surface area contributed by atoms with Crippen LogP contribution in [-0.2, 0) is 13.2 Å². The van der Waals surface area contributed by atoms with Gasteiger partial charge in [0.05, 0.1) is 6.54 Å². The minimum atomic E-state index is -0.438. The summed E-state index contributed by atoms with van der Waals surface area (Å²) in [6.45, 7) is 2.42. The van der Waals surface area contributed by atoms with Crippen LogP contribution in [0.1, 0.15) is 27.6 Å². The molecule has 0 spiro atoms. The molecule has 164 valence electrons. The average molecular weight is 474 g/mol. The summed E-state index contributed by atoms with van der Waals surface area (Å²) in [6.07, 6.45) is 0. The van der Waals surface area contributed by atoms with Gasteiger partial charge in [0.25, 0.3) is 5.91 Å². The predicted molar refractivity (Wildman–Crippen MR) is 120 cm³/mol. The molecule has 4 rings (SSSR count). The van der Waals surface area contributed by atoms with Crippen LogP contribution >= 0.6 is 23.2 Å². The fourth-order valence-corrected chi connectivity index (χ4v) is 3.45. The molecule has 1 N–H and O–H groups in total. The van der Waals surface area contributed by atoms with Crippen LogP contribution < -0.4 is 10.1 Å². The summed E-state index contributed by atoms with van der Waals surface area (Å²) < 4.78 is 25.8. The number of nitrogens with one attached hydrogen (secondary N) is 1. The van der Waals surface area contributed by atoms with E-state index in [1.54, 1.807) is 35.0 Å². The zero-order valence-corrected chi connectivity index (χ0v) is 18.5. The molecule has 0 aliphatic heterocycles. The lowest BCUT2D eigenvalue weighted by Crippen LogP contribution is -2.12. The van der Waals surface area contributed by atoms with E-state index in [9.17, 15) is 9.18 Å². The van der Waals surface area contributed by atoms with Gasteiger partial charge in [0, 0.05) is 21.8 Å². The maximum absolute atomic E-state index is 13.0. The molecule has 0 saturated carbocycles. The van der Waals surface area contributed by atoms with Crippen molar-refractivity contribution in [3.05, 3.63) is 99.3 Å². The third-order valence-corrected chi connectivity index (χ3v) is 5.23. The highest BCUT2D eigenvalue weighted by atomic mass is 35.5. The van der Waals surface area contributed by atoms with E-state index >= 15 is 0 Å². The van der Waals surface area contributed by atoms with E-state index in [-0.39, 0.29) is 18.2 Å². The van der Waals surface area contributed by atoms with E-state index in [0.717, 1.165) is 11.3 Å². The third-order valence-electron chi connectivity index (χ3n) is 4.64. The largest absolute Gasteiger partial charge is 0.486 e. The summed E-state index contributed by atoms with van der Waals surface area (Å²) in [5.41, 5.74) is 1.70. The van der Waals surface area contributed by atoms with Crippen molar-refractivity contribution >= 4 is 34.9 Å². The van der Waals surface area contributed by atoms with Crippen LogP contribution in [0.25, 0.3) is 0 Å². The van der Waals surface area contributed by atoms with Gasteiger partial charge in [0.2, 0.25) is 0 Å². The van der Waals surface area contributed by atoms with Gasteiger partial charge in [-0.25, -0.2) is 4.39 Å². The van der Waals surface area contributed by atoms with Crippen molar-refractivity contribution in [2.24, 2.45) is 0 Å². The van der Waals surface area contributed by atoms with Crippen molar-refractivity contribution in [2.75, 3.05) is 5.32 Å². The van der Waals surface area contributed by atoms with Gasteiger partial charge in [-0.1, -0.05) is 29.3 Å². The lowest BCUT2D eigenvalue weighted by Gasteiger charge is -2.07. The van der Waals surface area contributed by atoms with Crippen LogP contribution in [0.15, 0.2) is 65.1 Å². The highest BCUT2D eigenvalue weighted by Crippen LogP contribution is 2.23. The normalized spacial score (nSPS) is 10.9. The van der Waals surface area contributed by atoms with Crippen molar-refractivity contribution in [3.8, 4) is 5.75 Å². The smallest absolute Gasteiger partial charge is 0.292 e. The van der Waals surface area contributed by atoms with Crippen LogP contribution in [0.2, 0.25) is 10.0 Å². The summed E-state index contributed by atoms with van der Waals surface area (Å²) >= 11 is 12.2. The number of furan rings is 1. The maximum atomic E-state index is 13.0. The molecular weight excluding hydrogens is 456 g/mol. The number of ether oxygens (including phenoxy) is 1. The first-order valence-corrected chi connectivity index (χ1v) is 10.4. The topological polar surface area (TPSA) is 69.3 Å². The molecule has 9 heteroatoms. The Labute approximate surface area is 193 Å². The van der Waals surface area contributed by atoms with Gasteiger partial charge in [-0.05, 0) is 61.0 Å². The Hall–Kier alpha value is -3.29. The summed E-state index contributed by atoms with van der Waals surface area (Å²) in [5, 5.41) is 8.25. The SMILES string of the molecule is Cc1cc(NC(=O)c2ccc(COc3ccc(F)cc3)o2)nn1Cc1ccc(Cl)cc1Cl. The highest BCUT2D eigenvalue weighted by molar-refractivity contribution is 6.35. The first-order valence-electron chi connectivity index (χ1n) is 9.64.